The van der Waals surface area contributed by atoms with Gasteiger partial charge < -0.3 is 15.7 Å². The van der Waals surface area contributed by atoms with Gasteiger partial charge in [0.25, 0.3) is 0 Å². The minimum Gasteiger partial charge on any atom is -0.478 e. The molecule has 0 amide bonds. The Hall–Kier alpha value is -1.78. The molecule has 0 aromatic heterocycles. The first kappa shape index (κ1) is 10.7. The highest BCUT2D eigenvalue weighted by atomic mass is 19.1. The molecule has 0 bridgehead atoms. The van der Waals surface area contributed by atoms with Crippen LogP contribution in [0, 0.1) is 5.82 Å². The van der Waals surface area contributed by atoms with Gasteiger partial charge in [0.2, 0.25) is 0 Å². The molecular weight excluding hydrogens is 211 g/mol. The minimum absolute atomic E-state index is 0.123. The molecule has 16 heavy (non-hydrogen) atoms. The fourth-order valence-electron chi connectivity index (χ4n) is 2.03. The fraction of sp³-hybridized carbons (Fsp3) is 0.364. The Morgan fingerprint density at radius 1 is 1.38 bits per heavy atom. The summed E-state index contributed by atoms with van der Waals surface area (Å²) in [6, 6.07) is 2.70. The number of nitrogens with zero attached hydrogens (tertiary/aromatic N) is 1. The summed E-state index contributed by atoms with van der Waals surface area (Å²) in [7, 11) is 0. The van der Waals surface area contributed by atoms with Crippen LogP contribution in [-0.4, -0.2) is 24.2 Å². The summed E-state index contributed by atoms with van der Waals surface area (Å²) in [4.78, 5) is 13.0. The predicted molar refractivity (Wildman–Crippen MR) is 59.2 cm³/mol. The van der Waals surface area contributed by atoms with Crippen molar-refractivity contribution in [2.24, 2.45) is 0 Å². The largest absolute Gasteiger partial charge is 0.478 e. The maximum absolute atomic E-state index is 13.2. The summed E-state index contributed by atoms with van der Waals surface area (Å²) in [5.74, 6) is -1.86. The number of benzene rings is 1. The number of carboxylic acids is 1. The summed E-state index contributed by atoms with van der Waals surface area (Å²) in [6.45, 7) is 1.59. The summed E-state index contributed by atoms with van der Waals surface area (Å²) in [5.41, 5.74) is 5.58. The molecule has 0 unspecified atom stereocenters. The molecule has 0 aliphatic carbocycles. The number of halogens is 1. The van der Waals surface area contributed by atoms with Gasteiger partial charge in [-0.15, -0.1) is 0 Å². The van der Waals surface area contributed by atoms with Crippen molar-refractivity contribution in [3.63, 3.8) is 0 Å². The second kappa shape index (κ2) is 4.00. The van der Waals surface area contributed by atoms with Crippen LogP contribution in [0.15, 0.2) is 12.1 Å². The van der Waals surface area contributed by atoms with Gasteiger partial charge in [0, 0.05) is 13.1 Å². The number of carbonyl (C=O) groups is 1. The van der Waals surface area contributed by atoms with Crippen LogP contribution < -0.4 is 10.6 Å². The highest BCUT2D eigenvalue weighted by Gasteiger charge is 2.23. The Morgan fingerprint density at radius 3 is 2.56 bits per heavy atom. The van der Waals surface area contributed by atoms with Crippen LogP contribution in [-0.2, 0) is 0 Å². The normalized spacial score (nSPS) is 15.4. The maximum Gasteiger partial charge on any atom is 0.340 e. The lowest BCUT2D eigenvalue weighted by atomic mass is 10.1. The van der Waals surface area contributed by atoms with Crippen molar-refractivity contribution in [2.75, 3.05) is 23.7 Å². The number of aromatic carboxylic acids is 1. The van der Waals surface area contributed by atoms with E-state index in [0.29, 0.717) is 5.69 Å². The second-order valence-electron chi connectivity index (χ2n) is 3.85. The van der Waals surface area contributed by atoms with Crippen LogP contribution in [0.3, 0.4) is 0 Å². The molecule has 0 spiro atoms. The number of hydrogen-bond acceptors (Lipinski definition) is 3. The zero-order valence-electron chi connectivity index (χ0n) is 8.74. The van der Waals surface area contributed by atoms with Gasteiger partial charge in [0.15, 0.2) is 0 Å². The molecule has 3 N–H and O–H groups in total. The number of nitrogen functional groups attached to an aromatic ring is 1. The van der Waals surface area contributed by atoms with Crippen molar-refractivity contribution in [2.45, 2.75) is 12.8 Å². The lowest BCUT2D eigenvalue weighted by Gasteiger charge is -2.20. The first-order chi connectivity index (χ1) is 7.61. The highest BCUT2D eigenvalue weighted by molar-refractivity contribution is 6.00. The topological polar surface area (TPSA) is 66.6 Å². The lowest BCUT2D eigenvalue weighted by Crippen LogP contribution is -2.21. The van der Waals surface area contributed by atoms with Crippen molar-refractivity contribution in [3.8, 4) is 0 Å². The Morgan fingerprint density at radius 2 is 2.00 bits per heavy atom. The molecule has 5 heteroatoms. The van der Waals surface area contributed by atoms with Crippen molar-refractivity contribution in [1.82, 2.24) is 0 Å². The van der Waals surface area contributed by atoms with Crippen molar-refractivity contribution >= 4 is 17.3 Å². The summed E-state index contributed by atoms with van der Waals surface area (Å²) in [6.07, 6.45) is 2.05. The van der Waals surface area contributed by atoms with E-state index < -0.39 is 11.8 Å². The minimum atomic E-state index is -1.18. The van der Waals surface area contributed by atoms with Gasteiger partial charge in [0.05, 0.1) is 11.4 Å². The zero-order chi connectivity index (χ0) is 11.7. The monoisotopic (exact) mass is 224 g/mol. The van der Waals surface area contributed by atoms with Crippen LogP contribution in [0.1, 0.15) is 23.2 Å². The Labute approximate surface area is 92.5 Å². The van der Waals surface area contributed by atoms with E-state index in [9.17, 15) is 9.18 Å². The van der Waals surface area contributed by atoms with Gasteiger partial charge in [-0.05, 0) is 25.0 Å². The molecule has 1 saturated heterocycles. The number of rotatable bonds is 2. The molecule has 1 heterocycles. The molecule has 4 nitrogen and oxygen atoms in total. The Balaban J connectivity index is 2.51. The van der Waals surface area contributed by atoms with E-state index >= 15 is 0 Å². The molecule has 2 rings (SSSR count). The third-order valence-corrected chi connectivity index (χ3v) is 2.83. The van der Waals surface area contributed by atoms with Gasteiger partial charge in [-0.25, -0.2) is 9.18 Å². The van der Waals surface area contributed by atoms with Gasteiger partial charge in [-0.1, -0.05) is 0 Å². The van der Waals surface area contributed by atoms with E-state index in [-0.39, 0.29) is 11.3 Å². The third kappa shape index (κ3) is 1.68. The first-order valence-corrected chi connectivity index (χ1v) is 5.17. The van der Waals surface area contributed by atoms with E-state index in [1.54, 1.807) is 0 Å². The van der Waals surface area contributed by atoms with Crippen LogP contribution in [0.4, 0.5) is 15.8 Å². The van der Waals surface area contributed by atoms with E-state index in [1.165, 1.54) is 12.1 Å². The first-order valence-electron chi connectivity index (χ1n) is 5.17. The second-order valence-corrected chi connectivity index (χ2v) is 3.85. The number of nitrogens with two attached hydrogens (primary N) is 1. The molecule has 1 aliphatic rings. The van der Waals surface area contributed by atoms with Crippen LogP contribution in [0.2, 0.25) is 0 Å². The predicted octanol–water partition coefficient (Wildman–Crippen LogP) is 1.71. The van der Waals surface area contributed by atoms with E-state index in [2.05, 4.69) is 0 Å². The average molecular weight is 224 g/mol. The number of hydrogen-bond donors (Lipinski definition) is 2. The molecule has 1 aromatic carbocycles. The number of carboxylic acid groups (broad SMARTS) is 1. The molecule has 1 aliphatic heterocycles. The van der Waals surface area contributed by atoms with Crippen LogP contribution in [0.5, 0.6) is 0 Å². The Kier molecular flexibility index (Phi) is 2.68. The third-order valence-electron chi connectivity index (χ3n) is 2.83. The molecule has 0 saturated carbocycles. The summed E-state index contributed by atoms with van der Waals surface area (Å²) in [5, 5.41) is 9.06. The lowest BCUT2D eigenvalue weighted by molar-refractivity contribution is 0.0698. The van der Waals surface area contributed by atoms with Crippen molar-refractivity contribution in [1.29, 1.82) is 0 Å². The van der Waals surface area contributed by atoms with Crippen molar-refractivity contribution < 1.29 is 14.3 Å². The van der Waals surface area contributed by atoms with Crippen LogP contribution in [0.25, 0.3) is 0 Å². The van der Waals surface area contributed by atoms with Gasteiger partial charge in [-0.3, -0.25) is 0 Å². The van der Waals surface area contributed by atoms with E-state index in [1.807, 2.05) is 4.90 Å². The standard InChI is InChI=1S/C11H13FN2O2/c12-7-3-4-8(14-5-1-2-6-14)9(10(7)13)11(15)16/h3-4H,1-2,5-6,13H2,(H,15,16). The average Bonchev–Trinajstić information content (AvgIpc) is 2.74. The molecule has 1 aromatic rings. The summed E-state index contributed by atoms with van der Waals surface area (Å²) < 4.78 is 13.2. The van der Waals surface area contributed by atoms with E-state index in [4.69, 9.17) is 10.8 Å². The van der Waals surface area contributed by atoms with Gasteiger partial charge >= 0.3 is 5.97 Å². The smallest absolute Gasteiger partial charge is 0.340 e. The summed E-state index contributed by atoms with van der Waals surface area (Å²) >= 11 is 0. The molecule has 86 valence electrons. The fourth-order valence-corrected chi connectivity index (χ4v) is 2.03. The van der Waals surface area contributed by atoms with Crippen molar-refractivity contribution in [3.05, 3.63) is 23.5 Å². The van der Waals surface area contributed by atoms with Crippen LogP contribution >= 0.6 is 0 Å². The zero-order valence-corrected chi connectivity index (χ0v) is 8.74. The van der Waals surface area contributed by atoms with Gasteiger partial charge in [-0.2, -0.15) is 0 Å². The number of anilines is 2. The molecule has 0 radical (unpaired) electrons. The molecule has 1 fully saturated rings. The Bertz CT molecular complexity index is 428. The van der Waals surface area contributed by atoms with E-state index in [0.717, 1.165) is 25.9 Å². The quantitative estimate of drug-likeness (QED) is 0.750. The van der Waals surface area contributed by atoms with Gasteiger partial charge in [0.1, 0.15) is 11.4 Å². The maximum atomic E-state index is 13.2. The SMILES string of the molecule is Nc1c(F)ccc(N2CCCC2)c1C(=O)O. The molecular formula is C11H13FN2O2. The highest BCUT2D eigenvalue weighted by Crippen LogP contribution is 2.30. The molecule has 0 atom stereocenters.